The van der Waals surface area contributed by atoms with Crippen molar-refractivity contribution >= 4 is 27.5 Å². The quantitative estimate of drug-likeness (QED) is 0.595. The molecule has 0 radical (unpaired) electrons. The van der Waals surface area contributed by atoms with Gasteiger partial charge in [0.2, 0.25) is 0 Å². The Morgan fingerprint density at radius 1 is 1.36 bits per heavy atom. The predicted molar refractivity (Wildman–Crippen MR) is 64.4 cm³/mol. The van der Waals surface area contributed by atoms with Crippen molar-refractivity contribution in [2.45, 2.75) is 20.3 Å². The first-order chi connectivity index (χ1) is 6.66. The van der Waals surface area contributed by atoms with Crippen LogP contribution in [0.3, 0.4) is 0 Å². The molecular weight excluding hydrogens is 263 g/mol. The van der Waals surface area contributed by atoms with E-state index in [1.807, 2.05) is 19.1 Å². The summed E-state index contributed by atoms with van der Waals surface area (Å²) >= 11 is 9.11. The zero-order valence-corrected chi connectivity index (χ0v) is 10.8. The van der Waals surface area contributed by atoms with E-state index in [1.54, 1.807) is 0 Å². The van der Waals surface area contributed by atoms with E-state index in [0.29, 0.717) is 12.5 Å². The van der Waals surface area contributed by atoms with Crippen LogP contribution in [0.4, 0.5) is 0 Å². The number of rotatable bonds is 4. The molecule has 0 aliphatic rings. The highest BCUT2D eigenvalue weighted by atomic mass is 79.9. The van der Waals surface area contributed by atoms with Gasteiger partial charge < -0.3 is 4.74 Å². The van der Waals surface area contributed by atoms with Crippen molar-refractivity contribution in [2.75, 3.05) is 12.5 Å². The molecule has 0 amide bonds. The monoisotopic (exact) mass is 276 g/mol. The zero-order valence-electron chi connectivity index (χ0n) is 8.44. The van der Waals surface area contributed by atoms with E-state index >= 15 is 0 Å². The summed E-state index contributed by atoms with van der Waals surface area (Å²) in [7, 11) is 0. The summed E-state index contributed by atoms with van der Waals surface area (Å²) in [6.07, 6.45) is 0.881. The molecule has 0 fully saturated rings. The van der Waals surface area contributed by atoms with Gasteiger partial charge in [-0.2, -0.15) is 0 Å². The number of alkyl halides is 1. The molecule has 0 bridgehead atoms. The maximum atomic E-state index is 5.60. The third-order valence-electron chi connectivity index (χ3n) is 2.07. The number of benzene rings is 1. The van der Waals surface area contributed by atoms with Gasteiger partial charge in [-0.05, 0) is 31.9 Å². The maximum absolute atomic E-state index is 5.60. The first-order valence-electron chi connectivity index (χ1n) is 4.61. The second kappa shape index (κ2) is 5.62. The Bertz CT molecular complexity index is 312. The van der Waals surface area contributed by atoms with E-state index in [-0.39, 0.29) is 0 Å². The number of aryl methyl sites for hydroxylation is 1. The van der Waals surface area contributed by atoms with E-state index in [4.69, 9.17) is 16.3 Å². The van der Waals surface area contributed by atoms with Crippen LogP contribution in [0.25, 0.3) is 0 Å². The highest BCUT2D eigenvalue weighted by molar-refractivity contribution is 9.10. The molecule has 0 unspecified atom stereocenters. The Kier molecular flexibility index (Phi) is 4.76. The topological polar surface area (TPSA) is 9.23 Å². The molecule has 0 aliphatic carbocycles. The summed E-state index contributed by atoms with van der Waals surface area (Å²) in [4.78, 5) is 0. The van der Waals surface area contributed by atoms with Crippen LogP contribution in [0.15, 0.2) is 16.6 Å². The third kappa shape index (κ3) is 2.89. The van der Waals surface area contributed by atoms with Crippen molar-refractivity contribution in [2.24, 2.45) is 0 Å². The summed E-state index contributed by atoms with van der Waals surface area (Å²) in [5.41, 5.74) is 2.38. The highest BCUT2D eigenvalue weighted by Crippen LogP contribution is 2.28. The van der Waals surface area contributed by atoms with Gasteiger partial charge in [0.25, 0.3) is 0 Å². The molecule has 0 saturated carbocycles. The average Bonchev–Trinajstić information content (AvgIpc) is 2.18. The Hall–Kier alpha value is -0.210. The molecule has 0 heterocycles. The molecule has 0 N–H and O–H groups in total. The van der Waals surface area contributed by atoms with E-state index in [1.165, 1.54) is 5.56 Å². The largest absolute Gasteiger partial charge is 0.493 e. The van der Waals surface area contributed by atoms with Gasteiger partial charge in [0.15, 0.2) is 0 Å². The number of hydrogen-bond acceptors (Lipinski definition) is 1. The van der Waals surface area contributed by atoms with Crippen molar-refractivity contribution < 1.29 is 4.74 Å². The lowest BCUT2D eigenvalue weighted by Crippen LogP contribution is -2.00. The lowest BCUT2D eigenvalue weighted by atomic mass is 10.1. The van der Waals surface area contributed by atoms with E-state index in [9.17, 15) is 0 Å². The summed E-state index contributed by atoms with van der Waals surface area (Å²) in [5, 5.41) is 0. The SMILES string of the molecule is Cc1ccc(OCCCCl)c(C)c1Br. The fourth-order valence-electron chi connectivity index (χ4n) is 1.20. The van der Waals surface area contributed by atoms with Crippen LogP contribution >= 0.6 is 27.5 Å². The summed E-state index contributed by atoms with van der Waals surface area (Å²) in [5.74, 6) is 1.58. The van der Waals surface area contributed by atoms with Crippen LogP contribution in [0.5, 0.6) is 5.75 Å². The minimum atomic E-state index is 0.645. The molecule has 0 saturated heterocycles. The van der Waals surface area contributed by atoms with Crippen LogP contribution in [-0.4, -0.2) is 12.5 Å². The Balaban J connectivity index is 2.73. The Labute approximate surface area is 98.5 Å². The Morgan fingerprint density at radius 2 is 2.07 bits per heavy atom. The fraction of sp³-hybridized carbons (Fsp3) is 0.455. The van der Waals surface area contributed by atoms with Gasteiger partial charge in [0.05, 0.1) is 6.61 Å². The number of hydrogen-bond donors (Lipinski definition) is 0. The molecule has 1 rings (SSSR count). The van der Waals surface area contributed by atoms with Crippen molar-refractivity contribution in [3.63, 3.8) is 0 Å². The molecule has 1 aromatic carbocycles. The van der Waals surface area contributed by atoms with Gasteiger partial charge in [-0.1, -0.05) is 22.0 Å². The van der Waals surface area contributed by atoms with Crippen molar-refractivity contribution in [1.82, 2.24) is 0 Å². The van der Waals surface area contributed by atoms with E-state index < -0.39 is 0 Å². The molecule has 0 aliphatic heterocycles. The first kappa shape index (κ1) is 11.9. The molecule has 3 heteroatoms. The Morgan fingerprint density at radius 3 is 2.71 bits per heavy atom. The lowest BCUT2D eigenvalue weighted by molar-refractivity contribution is 0.316. The van der Waals surface area contributed by atoms with Crippen LogP contribution in [0.2, 0.25) is 0 Å². The van der Waals surface area contributed by atoms with Crippen molar-refractivity contribution in [3.05, 3.63) is 27.7 Å². The van der Waals surface area contributed by atoms with Crippen molar-refractivity contribution in [3.8, 4) is 5.75 Å². The minimum absolute atomic E-state index is 0.645. The second-order valence-corrected chi connectivity index (χ2v) is 4.38. The lowest BCUT2D eigenvalue weighted by Gasteiger charge is -2.11. The van der Waals surface area contributed by atoms with Gasteiger partial charge in [-0.25, -0.2) is 0 Å². The molecule has 14 heavy (non-hydrogen) atoms. The third-order valence-corrected chi connectivity index (χ3v) is 3.55. The van der Waals surface area contributed by atoms with Gasteiger partial charge >= 0.3 is 0 Å². The van der Waals surface area contributed by atoms with Crippen molar-refractivity contribution in [1.29, 1.82) is 0 Å². The van der Waals surface area contributed by atoms with Crippen LogP contribution < -0.4 is 4.74 Å². The van der Waals surface area contributed by atoms with E-state index in [0.717, 1.165) is 22.2 Å². The van der Waals surface area contributed by atoms with Crippen LogP contribution in [0, 0.1) is 13.8 Å². The van der Waals surface area contributed by atoms with Crippen LogP contribution in [-0.2, 0) is 0 Å². The highest BCUT2D eigenvalue weighted by Gasteiger charge is 2.05. The summed E-state index contributed by atoms with van der Waals surface area (Å²) in [6, 6.07) is 4.05. The molecular formula is C11H14BrClO. The molecule has 0 atom stereocenters. The van der Waals surface area contributed by atoms with E-state index in [2.05, 4.69) is 22.9 Å². The van der Waals surface area contributed by atoms with Gasteiger partial charge in [0.1, 0.15) is 5.75 Å². The second-order valence-electron chi connectivity index (χ2n) is 3.21. The zero-order chi connectivity index (χ0) is 10.6. The molecule has 1 nitrogen and oxygen atoms in total. The van der Waals surface area contributed by atoms with Gasteiger partial charge in [0, 0.05) is 15.9 Å². The average molecular weight is 278 g/mol. The molecule has 78 valence electrons. The van der Waals surface area contributed by atoms with Gasteiger partial charge in [-0.15, -0.1) is 11.6 Å². The number of ether oxygens (including phenoxy) is 1. The molecule has 0 aromatic heterocycles. The maximum Gasteiger partial charge on any atom is 0.123 e. The smallest absolute Gasteiger partial charge is 0.123 e. The molecule has 1 aromatic rings. The normalized spacial score (nSPS) is 10.3. The van der Waals surface area contributed by atoms with Crippen LogP contribution in [0.1, 0.15) is 17.5 Å². The summed E-state index contributed by atoms with van der Waals surface area (Å²) in [6.45, 7) is 4.80. The number of halogens is 2. The molecule has 0 spiro atoms. The van der Waals surface area contributed by atoms with Gasteiger partial charge in [-0.3, -0.25) is 0 Å². The minimum Gasteiger partial charge on any atom is -0.493 e. The predicted octanol–water partition coefficient (Wildman–Crippen LogP) is 4.07. The fourth-order valence-corrected chi connectivity index (χ4v) is 1.63. The first-order valence-corrected chi connectivity index (χ1v) is 5.94. The standard InChI is InChI=1S/C11H14BrClO/c1-8-4-5-10(9(2)11(8)12)14-7-3-6-13/h4-5H,3,6-7H2,1-2H3. The summed E-state index contributed by atoms with van der Waals surface area (Å²) < 4.78 is 6.72.